The van der Waals surface area contributed by atoms with E-state index in [9.17, 15) is 14.9 Å². The molecule has 0 aliphatic carbocycles. The quantitative estimate of drug-likeness (QED) is 0.612. The van der Waals surface area contributed by atoms with Crippen LogP contribution in [0.4, 0.5) is 11.4 Å². The number of hydrogen-bond acceptors (Lipinski definition) is 5. The molecule has 120 valence electrons. The SMILES string of the molecule is COc1ccc([N+](=O)[O-])cc1OCC(=O)Nc1ccc(Br)cc1. The van der Waals surface area contributed by atoms with Gasteiger partial charge in [0.1, 0.15) is 0 Å². The van der Waals surface area contributed by atoms with Crippen LogP contribution in [0, 0.1) is 10.1 Å². The minimum Gasteiger partial charge on any atom is -0.493 e. The van der Waals surface area contributed by atoms with Gasteiger partial charge in [-0.3, -0.25) is 14.9 Å². The number of benzene rings is 2. The number of nitro benzene ring substituents is 1. The predicted octanol–water partition coefficient (Wildman–Crippen LogP) is 3.38. The molecule has 0 aromatic heterocycles. The lowest BCUT2D eigenvalue weighted by Gasteiger charge is -2.10. The van der Waals surface area contributed by atoms with Gasteiger partial charge in [-0.25, -0.2) is 0 Å². The largest absolute Gasteiger partial charge is 0.493 e. The normalized spacial score (nSPS) is 10.0. The number of anilines is 1. The molecule has 0 bridgehead atoms. The number of ether oxygens (including phenoxy) is 2. The van der Waals surface area contributed by atoms with Gasteiger partial charge in [-0.2, -0.15) is 0 Å². The van der Waals surface area contributed by atoms with Crippen molar-refractivity contribution in [2.24, 2.45) is 0 Å². The molecular formula is C15H13BrN2O5. The van der Waals surface area contributed by atoms with Crippen molar-refractivity contribution in [3.8, 4) is 11.5 Å². The molecule has 0 fully saturated rings. The summed E-state index contributed by atoms with van der Waals surface area (Å²) in [5.74, 6) is 0.0561. The van der Waals surface area contributed by atoms with Gasteiger partial charge in [0, 0.05) is 16.2 Å². The lowest BCUT2D eigenvalue weighted by molar-refractivity contribution is -0.385. The van der Waals surface area contributed by atoms with Crippen molar-refractivity contribution in [1.82, 2.24) is 0 Å². The molecule has 0 radical (unpaired) electrons. The summed E-state index contributed by atoms with van der Waals surface area (Å²) in [5, 5.41) is 13.4. The van der Waals surface area contributed by atoms with Crippen molar-refractivity contribution < 1.29 is 19.2 Å². The molecule has 2 rings (SSSR count). The Morgan fingerprint density at radius 3 is 2.52 bits per heavy atom. The average Bonchev–Trinajstić information content (AvgIpc) is 2.54. The topological polar surface area (TPSA) is 90.7 Å². The van der Waals surface area contributed by atoms with Gasteiger partial charge < -0.3 is 14.8 Å². The molecule has 2 aromatic rings. The Balaban J connectivity index is 2.01. The van der Waals surface area contributed by atoms with Crippen LogP contribution < -0.4 is 14.8 Å². The molecule has 0 saturated carbocycles. The van der Waals surface area contributed by atoms with E-state index in [1.807, 2.05) is 0 Å². The number of non-ortho nitro benzene ring substituents is 1. The minimum atomic E-state index is -0.547. The number of nitrogens with zero attached hydrogens (tertiary/aromatic N) is 1. The zero-order valence-corrected chi connectivity index (χ0v) is 13.7. The van der Waals surface area contributed by atoms with Gasteiger partial charge in [0.15, 0.2) is 18.1 Å². The number of methoxy groups -OCH3 is 1. The van der Waals surface area contributed by atoms with E-state index in [-0.39, 0.29) is 24.0 Å². The van der Waals surface area contributed by atoms with Crippen LogP contribution in [0.25, 0.3) is 0 Å². The maximum Gasteiger partial charge on any atom is 0.273 e. The van der Waals surface area contributed by atoms with Crippen LogP contribution in [0.3, 0.4) is 0 Å². The molecule has 1 amide bonds. The van der Waals surface area contributed by atoms with Gasteiger partial charge >= 0.3 is 0 Å². The lowest BCUT2D eigenvalue weighted by atomic mass is 10.3. The number of rotatable bonds is 6. The molecule has 0 aliphatic rings. The third kappa shape index (κ3) is 4.68. The number of amides is 1. The third-order valence-corrected chi connectivity index (χ3v) is 3.37. The standard InChI is InChI=1S/C15H13BrN2O5/c1-22-13-7-6-12(18(20)21)8-14(13)23-9-15(19)17-11-4-2-10(16)3-5-11/h2-8H,9H2,1H3,(H,17,19). The maximum atomic E-state index is 11.9. The van der Waals surface area contributed by atoms with E-state index >= 15 is 0 Å². The van der Waals surface area contributed by atoms with Crippen LogP contribution in [-0.2, 0) is 4.79 Å². The van der Waals surface area contributed by atoms with E-state index in [0.29, 0.717) is 11.4 Å². The Labute approximate surface area is 140 Å². The van der Waals surface area contributed by atoms with E-state index in [2.05, 4.69) is 21.2 Å². The number of halogens is 1. The Morgan fingerprint density at radius 2 is 1.91 bits per heavy atom. The lowest BCUT2D eigenvalue weighted by Crippen LogP contribution is -2.20. The monoisotopic (exact) mass is 380 g/mol. The van der Waals surface area contributed by atoms with Crippen molar-refractivity contribution in [3.05, 3.63) is 57.1 Å². The van der Waals surface area contributed by atoms with Crippen LogP contribution in [-0.4, -0.2) is 24.5 Å². The Morgan fingerprint density at radius 1 is 1.22 bits per heavy atom. The fourth-order valence-electron chi connectivity index (χ4n) is 1.77. The van der Waals surface area contributed by atoms with Crippen molar-refractivity contribution in [1.29, 1.82) is 0 Å². The van der Waals surface area contributed by atoms with Gasteiger partial charge in [0.25, 0.3) is 11.6 Å². The Hall–Kier alpha value is -2.61. The van der Waals surface area contributed by atoms with Crippen molar-refractivity contribution >= 4 is 33.2 Å². The second kappa shape index (κ2) is 7.59. The summed E-state index contributed by atoms with van der Waals surface area (Å²) in [7, 11) is 1.41. The van der Waals surface area contributed by atoms with Gasteiger partial charge in [0.2, 0.25) is 0 Å². The number of nitro groups is 1. The zero-order valence-electron chi connectivity index (χ0n) is 12.1. The first kappa shape index (κ1) is 16.8. The summed E-state index contributed by atoms with van der Waals surface area (Å²) < 4.78 is 11.3. The number of carbonyl (C=O) groups excluding carboxylic acids is 1. The van der Waals surface area contributed by atoms with Crippen LogP contribution in [0.2, 0.25) is 0 Å². The summed E-state index contributed by atoms with van der Waals surface area (Å²) in [5.41, 5.74) is 0.474. The molecule has 7 nitrogen and oxygen atoms in total. The Bertz CT molecular complexity index is 718. The first-order chi connectivity index (χ1) is 11.0. The number of hydrogen-bond donors (Lipinski definition) is 1. The fourth-order valence-corrected chi connectivity index (χ4v) is 2.03. The molecule has 1 N–H and O–H groups in total. The summed E-state index contributed by atoms with van der Waals surface area (Å²) in [6.07, 6.45) is 0. The molecule has 0 heterocycles. The third-order valence-electron chi connectivity index (χ3n) is 2.84. The van der Waals surface area contributed by atoms with Crippen LogP contribution in [0.5, 0.6) is 11.5 Å². The number of carbonyl (C=O) groups is 1. The van der Waals surface area contributed by atoms with Crippen LogP contribution in [0.1, 0.15) is 0 Å². The first-order valence-electron chi connectivity index (χ1n) is 6.50. The second-order valence-electron chi connectivity index (χ2n) is 4.44. The molecule has 2 aromatic carbocycles. The molecule has 0 saturated heterocycles. The molecule has 0 atom stereocenters. The molecular weight excluding hydrogens is 368 g/mol. The highest BCUT2D eigenvalue weighted by Crippen LogP contribution is 2.31. The van der Waals surface area contributed by atoms with Crippen molar-refractivity contribution in [3.63, 3.8) is 0 Å². The molecule has 23 heavy (non-hydrogen) atoms. The summed E-state index contributed by atoms with van der Waals surface area (Å²) in [6, 6.07) is 11.0. The second-order valence-corrected chi connectivity index (χ2v) is 5.35. The summed E-state index contributed by atoms with van der Waals surface area (Å²) >= 11 is 3.30. The highest BCUT2D eigenvalue weighted by atomic mass is 79.9. The maximum absolute atomic E-state index is 11.9. The van der Waals surface area contributed by atoms with E-state index in [4.69, 9.17) is 9.47 Å². The average molecular weight is 381 g/mol. The van der Waals surface area contributed by atoms with Crippen molar-refractivity contribution in [2.75, 3.05) is 19.0 Å². The van der Waals surface area contributed by atoms with E-state index in [1.54, 1.807) is 24.3 Å². The predicted molar refractivity (Wildman–Crippen MR) is 87.9 cm³/mol. The van der Waals surface area contributed by atoms with Gasteiger partial charge in [0.05, 0.1) is 18.1 Å². The van der Waals surface area contributed by atoms with E-state index in [1.165, 1.54) is 25.3 Å². The van der Waals surface area contributed by atoms with E-state index < -0.39 is 4.92 Å². The zero-order chi connectivity index (χ0) is 16.8. The highest BCUT2D eigenvalue weighted by molar-refractivity contribution is 9.10. The fraction of sp³-hybridized carbons (Fsp3) is 0.133. The first-order valence-corrected chi connectivity index (χ1v) is 7.29. The molecule has 8 heteroatoms. The van der Waals surface area contributed by atoms with Gasteiger partial charge in [-0.1, -0.05) is 15.9 Å². The smallest absolute Gasteiger partial charge is 0.273 e. The molecule has 0 unspecified atom stereocenters. The number of nitrogens with one attached hydrogen (secondary N) is 1. The van der Waals surface area contributed by atoms with Crippen LogP contribution in [0.15, 0.2) is 46.9 Å². The molecule has 0 spiro atoms. The summed E-state index contributed by atoms with van der Waals surface area (Å²) in [6.45, 7) is -0.298. The summed E-state index contributed by atoms with van der Waals surface area (Å²) in [4.78, 5) is 22.1. The van der Waals surface area contributed by atoms with Crippen molar-refractivity contribution in [2.45, 2.75) is 0 Å². The van der Waals surface area contributed by atoms with Gasteiger partial charge in [-0.05, 0) is 30.3 Å². The molecule has 0 aliphatic heterocycles. The Kier molecular flexibility index (Phi) is 5.53. The van der Waals surface area contributed by atoms with Crippen LogP contribution >= 0.6 is 15.9 Å². The minimum absolute atomic E-state index is 0.132. The van der Waals surface area contributed by atoms with Gasteiger partial charge in [-0.15, -0.1) is 0 Å². The van der Waals surface area contributed by atoms with E-state index in [0.717, 1.165) is 4.47 Å². The highest BCUT2D eigenvalue weighted by Gasteiger charge is 2.14.